The molecule has 0 saturated carbocycles. The van der Waals surface area contributed by atoms with Gasteiger partial charge in [-0.3, -0.25) is 9.78 Å². The monoisotopic (exact) mass is 253 g/mol. The van der Waals surface area contributed by atoms with E-state index in [0.29, 0.717) is 28.1 Å². The van der Waals surface area contributed by atoms with Gasteiger partial charge in [0.2, 0.25) is 0 Å². The number of nitrogens with zero attached hydrogens (tertiary/aromatic N) is 3. The van der Waals surface area contributed by atoms with Crippen LogP contribution in [-0.4, -0.2) is 25.7 Å². The number of Topliss-reactive ketones (excluding diaryl/α,β-unsaturated/α-hetero) is 1. The highest BCUT2D eigenvalue weighted by Crippen LogP contribution is 2.22. The van der Waals surface area contributed by atoms with Gasteiger partial charge >= 0.3 is 0 Å². The van der Waals surface area contributed by atoms with E-state index in [1.807, 2.05) is 6.07 Å². The molecule has 1 aromatic carbocycles. The van der Waals surface area contributed by atoms with Crippen molar-refractivity contribution in [2.24, 2.45) is 0 Å². The van der Waals surface area contributed by atoms with Crippen molar-refractivity contribution in [2.45, 2.75) is 6.92 Å². The standard InChI is InChI=1S/C14H11N3O2/c1-9(18)10-5-6-11-13(8-10)17(19)14(16-11)12-4-2-3-7-15-12/h2-8,19H,1H3. The van der Waals surface area contributed by atoms with Gasteiger partial charge < -0.3 is 5.21 Å². The SMILES string of the molecule is CC(=O)c1ccc2nc(-c3ccccn3)n(O)c2c1. The average molecular weight is 253 g/mol. The van der Waals surface area contributed by atoms with Gasteiger partial charge in [-0.25, -0.2) is 4.98 Å². The highest BCUT2D eigenvalue weighted by Gasteiger charge is 2.13. The molecule has 0 saturated heterocycles. The normalized spacial score (nSPS) is 10.8. The van der Waals surface area contributed by atoms with Gasteiger partial charge in [0, 0.05) is 11.8 Å². The Labute approximate surface area is 109 Å². The lowest BCUT2D eigenvalue weighted by Gasteiger charge is -2.00. The minimum Gasteiger partial charge on any atom is -0.426 e. The summed E-state index contributed by atoms with van der Waals surface area (Å²) in [6, 6.07) is 10.4. The predicted molar refractivity (Wildman–Crippen MR) is 70.2 cm³/mol. The molecule has 0 aliphatic heterocycles. The number of benzene rings is 1. The van der Waals surface area contributed by atoms with Crippen molar-refractivity contribution >= 4 is 16.8 Å². The Balaban J connectivity index is 2.24. The van der Waals surface area contributed by atoms with E-state index in [2.05, 4.69) is 9.97 Å². The Morgan fingerprint density at radius 3 is 2.79 bits per heavy atom. The second-order valence-corrected chi connectivity index (χ2v) is 4.22. The van der Waals surface area contributed by atoms with Crippen molar-refractivity contribution in [3.63, 3.8) is 0 Å². The fourth-order valence-electron chi connectivity index (χ4n) is 1.94. The lowest BCUT2D eigenvalue weighted by atomic mass is 10.1. The molecule has 0 unspecified atom stereocenters. The Bertz CT molecular complexity index is 763. The van der Waals surface area contributed by atoms with Crippen molar-refractivity contribution < 1.29 is 10.0 Å². The molecule has 3 rings (SSSR count). The van der Waals surface area contributed by atoms with Crippen LogP contribution in [-0.2, 0) is 0 Å². The summed E-state index contributed by atoms with van der Waals surface area (Å²) < 4.78 is 0.962. The molecular weight excluding hydrogens is 242 g/mol. The van der Waals surface area contributed by atoms with E-state index >= 15 is 0 Å². The fraction of sp³-hybridized carbons (Fsp3) is 0.0714. The molecule has 5 heteroatoms. The van der Waals surface area contributed by atoms with Crippen LogP contribution in [0.5, 0.6) is 0 Å². The summed E-state index contributed by atoms with van der Waals surface area (Å²) in [5.41, 5.74) is 2.22. The number of pyridine rings is 1. The van der Waals surface area contributed by atoms with Gasteiger partial charge in [0.25, 0.3) is 0 Å². The van der Waals surface area contributed by atoms with Crippen LogP contribution in [0.15, 0.2) is 42.6 Å². The van der Waals surface area contributed by atoms with Crippen molar-refractivity contribution in [1.29, 1.82) is 0 Å². The molecule has 5 nitrogen and oxygen atoms in total. The van der Waals surface area contributed by atoms with Gasteiger partial charge in [-0.2, -0.15) is 4.73 Å². The number of rotatable bonds is 2. The summed E-state index contributed by atoms with van der Waals surface area (Å²) in [5, 5.41) is 10.2. The summed E-state index contributed by atoms with van der Waals surface area (Å²) in [4.78, 5) is 19.8. The summed E-state index contributed by atoms with van der Waals surface area (Å²) >= 11 is 0. The van der Waals surface area contributed by atoms with E-state index in [9.17, 15) is 10.0 Å². The van der Waals surface area contributed by atoms with Crippen LogP contribution in [0, 0.1) is 0 Å². The first-order valence-corrected chi connectivity index (χ1v) is 5.81. The quantitative estimate of drug-likeness (QED) is 0.563. The Morgan fingerprint density at radius 2 is 2.11 bits per heavy atom. The topological polar surface area (TPSA) is 68.0 Å². The molecule has 19 heavy (non-hydrogen) atoms. The molecule has 0 aliphatic carbocycles. The van der Waals surface area contributed by atoms with Gasteiger partial charge in [-0.1, -0.05) is 6.07 Å². The van der Waals surface area contributed by atoms with Gasteiger partial charge in [-0.05, 0) is 37.3 Å². The van der Waals surface area contributed by atoms with Gasteiger partial charge in [0.05, 0.1) is 5.52 Å². The zero-order valence-electron chi connectivity index (χ0n) is 10.2. The summed E-state index contributed by atoms with van der Waals surface area (Å²) in [6.07, 6.45) is 1.63. The maximum atomic E-state index is 11.4. The number of carbonyl (C=O) groups is 1. The minimum absolute atomic E-state index is 0.0533. The number of hydrogen-bond acceptors (Lipinski definition) is 4. The molecule has 2 aromatic heterocycles. The first-order chi connectivity index (χ1) is 9.16. The zero-order valence-corrected chi connectivity index (χ0v) is 10.2. The number of fused-ring (bicyclic) bond motifs is 1. The fourth-order valence-corrected chi connectivity index (χ4v) is 1.94. The van der Waals surface area contributed by atoms with E-state index in [1.165, 1.54) is 6.92 Å². The molecule has 0 bridgehead atoms. The van der Waals surface area contributed by atoms with Crippen LogP contribution in [0.2, 0.25) is 0 Å². The summed E-state index contributed by atoms with van der Waals surface area (Å²) in [6.45, 7) is 1.49. The predicted octanol–water partition coefficient (Wildman–Crippen LogP) is 2.54. The van der Waals surface area contributed by atoms with Crippen molar-refractivity contribution in [1.82, 2.24) is 14.7 Å². The molecule has 2 heterocycles. The van der Waals surface area contributed by atoms with Crippen LogP contribution < -0.4 is 0 Å². The van der Waals surface area contributed by atoms with Crippen molar-refractivity contribution in [3.8, 4) is 11.5 Å². The zero-order chi connectivity index (χ0) is 13.4. The molecule has 0 fully saturated rings. The van der Waals surface area contributed by atoms with Gasteiger partial charge in [-0.15, -0.1) is 0 Å². The number of carbonyl (C=O) groups excluding carboxylic acids is 1. The summed E-state index contributed by atoms with van der Waals surface area (Å²) in [5.74, 6) is 0.304. The van der Waals surface area contributed by atoms with Gasteiger partial charge in [0.15, 0.2) is 11.6 Å². The molecule has 94 valence electrons. The van der Waals surface area contributed by atoms with Crippen LogP contribution in [0.1, 0.15) is 17.3 Å². The third-order valence-electron chi connectivity index (χ3n) is 2.93. The number of ketones is 1. The van der Waals surface area contributed by atoms with Gasteiger partial charge in [0.1, 0.15) is 11.2 Å². The lowest BCUT2D eigenvalue weighted by molar-refractivity contribution is 0.101. The molecule has 0 radical (unpaired) electrons. The Hall–Kier alpha value is -2.69. The van der Waals surface area contributed by atoms with E-state index < -0.39 is 0 Å². The minimum atomic E-state index is -0.0533. The highest BCUT2D eigenvalue weighted by molar-refractivity contribution is 5.97. The lowest BCUT2D eigenvalue weighted by Crippen LogP contribution is -1.97. The molecule has 0 aliphatic rings. The van der Waals surface area contributed by atoms with Crippen LogP contribution >= 0.6 is 0 Å². The molecule has 3 aromatic rings. The highest BCUT2D eigenvalue weighted by atomic mass is 16.5. The van der Waals surface area contributed by atoms with E-state index in [0.717, 1.165) is 4.73 Å². The molecular formula is C14H11N3O2. The second-order valence-electron chi connectivity index (χ2n) is 4.22. The second kappa shape index (κ2) is 4.20. The van der Waals surface area contributed by atoms with Crippen molar-refractivity contribution in [2.75, 3.05) is 0 Å². The molecule has 0 amide bonds. The third-order valence-corrected chi connectivity index (χ3v) is 2.93. The smallest absolute Gasteiger partial charge is 0.195 e. The first-order valence-electron chi connectivity index (χ1n) is 5.81. The third kappa shape index (κ3) is 1.85. The van der Waals surface area contributed by atoms with E-state index in [4.69, 9.17) is 0 Å². The van der Waals surface area contributed by atoms with Crippen LogP contribution in [0.4, 0.5) is 0 Å². The van der Waals surface area contributed by atoms with E-state index in [-0.39, 0.29) is 5.78 Å². The number of imidazole rings is 1. The van der Waals surface area contributed by atoms with Crippen LogP contribution in [0.3, 0.4) is 0 Å². The van der Waals surface area contributed by atoms with E-state index in [1.54, 1.807) is 36.5 Å². The largest absolute Gasteiger partial charge is 0.426 e. The number of aromatic nitrogens is 3. The maximum Gasteiger partial charge on any atom is 0.195 e. The first kappa shape index (κ1) is 11.4. The summed E-state index contributed by atoms with van der Waals surface area (Å²) in [7, 11) is 0. The average Bonchev–Trinajstić information content (AvgIpc) is 2.77. The van der Waals surface area contributed by atoms with Crippen LogP contribution in [0.25, 0.3) is 22.6 Å². The Morgan fingerprint density at radius 1 is 1.26 bits per heavy atom. The molecule has 0 atom stereocenters. The molecule has 0 spiro atoms. The maximum absolute atomic E-state index is 11.4. The Kier molecular flexibility index (Phi) is 2.52. The number of hydrogen-bond donors (Lipinski definition) is 1. The van der Waals surface area contributed by atoms with Crippen molar-refractivity contribution in [3.05, 3.63) is 48.2 Å². The molecule has 1 N–H and O–H groups in total.